The molecule has 3 unspecified atom stereocenters. The highest BCUT2D eigenvalue weighted by atomic mass is 16.4. The zero-order chi connectivity index (χ0) is 49.6. The number of nitrogens with zero attached hydrogens (tertiary/aromatic N) is 4. The maximum Gasteiger partial charge on any atom is 0.326 e. The van der Waals surface area contributed by atoms with Gasteiger partial charge in [0.2, 0.25) is 29.5 Å². The Kier molecular flexibility index (Phi) is 28.7. The molecule has 1 heterocycles. The van der Waals surface area contributed by atoms with Crippen LogP contribution in [0.4, 0.5) is 0 Å². The minimum absolute atomic E-state index is 0.0228. The normalized spacial score (nSPS) is 15.9. The molecular weight excluding hydrogens is 878 g/mol. The Bertz CT molecular complexity index is 1620. The van der Waals surface area contributed by atoms with Crippen molar-refractivity contribution in [3.63, 3.8) is 0 Å². The van der Waals surface area contributed by atoms with Crippen LogP contribution in [0.15, 0.2) is 0 Å². The largest absolute Gasteiger partial charge is 0.480 e. The molecule has 1 aliphatic rings. The second kappa shape index (κ2) is 32.6. The molecule has 5 amide bonds. The van der Waals surface area contributed by atoms with Gasteiger partial charge in [0.25, 0.3) is 0 Å². The van der Waals surface area contributed by atoms with E-state index < -0.39 is 96.6 Å². The number of aliphatic carboxylic acids is 6. The van der Waals surface area contributed by atoms with E-state index in [-0.39, 0.29) is 136 Å². The first-order valence-electron chi connectivity index (χ1n) is 21.8. The van der Waals surface area contributed by atoms with Gasteiger partial charge < -0.3 is 57.2 Å². The summed E-state index contributed by atoms with van der Waals surface area (Å²) >= 11 is 0. The fourth-order valence-corrected chi connectivity index (χ4v) is 6.76. The van der Waals surface area contributed by atoms with Crippen LogP contribution in [0.25, 0.3) is 0 Å². The number of amides is 5. The third-order valence-electron chi connectivity index (χ3n) is 10.4. The third-order valence-corrected chi connectivity index (χ3v) is 10.4. The van der Waals surface area contributed by atoms with Gasteiger partial charge >= 0.3 is 35.8 Å². The lowest BCUT2D eigenvalue weighted by Gasteiger charge is -2.35. The van der Waals surface area contributed by atoms with Gasteiger partial charge in [-0.3, -0.25) is 62.8 Å². The van der Waals surface area contributed by atoms with Crippen molar-refractivity contribution < 1.29 is 83.4 Å². The second-order valence-corrected chi connectivity index (χ2v) is 15.6. The van der Waals surface area contributed by atoms with Crippen LogP contribution in [0, 0.1) is 0 Å². The molecule has 374 valence electrons. The molecule has 3 atom stereocenters. The molecule has 0 aliphatic carbocycles. The maximum absolute atomic E-state index is 12.8. The Morgan fingerprint density at radius 3 is 1.24 bits per heavy atom. The molecule has 26 heteroatoms. The highest BCUT2D eigenvalue weighted by Crippen LogP contribution is 2.11. The lowest BCUT2D eigenvalue weighted by Crippen LogP contribution is -2.52. The van der Waals surface area contributed by atoms with E-state index >= 15 is 0 Å². The molecule has 0 spiro atoms. The molecule has 0 saturated carbocycles. The minimum atomic E-state index is -1.30. The fourth-order valence-electron chi connectivity index (χ4n) is 6.76. The van der Waals surface area contributed by atoms with Gasteiger partial charge in [0.15, 0.2) is 0 Å². The molecule has 1 fully saturated rings. The summed E-state index contributed by atoms with van der Waals surface area (Å²) in [6.45, 7) is 1.33. The number of unbranched alkanes of at least 4 members (excludes halogenated alkanes) is 1. The van der Waals surface area contributed by atoms with Crippen molar-refractivity contribution in [1.29, 1.82) is 0 Å². The van der Waals surface area contributed by atoms with Crippen molar-refractivity contribution in [2.75, 3.05) is 91.6 Å². The highest BCUT2D eigenvalue weighted by Gasteiger charge is 2.29. The number of carboxylic acids is 6. The Balaban J connectivity index is 2.57. The van der Waals surface area contributed by atoms with Crippen LogP contribution in [-0.2, 0) is 52.7 Å². The smallest absolute Gasteiger partial charge is 0.326 e. The quantitative estimate of drug-likeness (QED) is 0.0304. The molecule has 11 N–H and O–H groups in total. The predicted molar refractivity (Wildman–Crippen MR) is 230 cm³/mol. The van der Waals surface area contributed by atoms with Crippen molar-refractivity contribution in [3.8, 4) is 0 Å². The fraction of sp³-hybridized carbons (Fsp3) is 0.725. The number of carbonyl (C=O) groups excluding carboxylic acids is 5. The molecular formula is C40H67N9O17. The molecule has 0 radical (unpaired) electrons. The number of carbonyl (C=O) groups is 11. The van der Waals surface area contributed by atoms with Crippen molar-refractivity contribution in [2.24, 2.45) is 0 Å². The van der Waals surface area contributed by atoms with Gasteiger partial charge in [0.1, 0.15) is 18.1 Å². The molecule has 0 aromatic rings. The van der Waals surface area contributed by atoms with E-state index in [1.165, 1.54) is 14.7 Å². The van der Waals surface area contributed by atoms with E-state index in [4.69, 9.17) is 0 Å². The van der Waals surface area contributed by atoms with Crippen molar-refractivity contribution in [2.45, 2.75) is 95.7 Å². The Hall–Kier alpha value is -5.99. The first-order chi connectivity index (χ1) is 31.2. The van der Waals surface area contributed by atoms with Gasteiger partial charge in [0.05, 0.1) is 19.6 Å². The molecule has 0 aromatic carbocycles. The zero-order valence-corrected chi connectivity index (χ0v) is 37.4. The molecule has 0 bridgehead atoms. The molecule has 26 nitrogen and oxygen atoms in total. The monoisotopic (exact) mass is 945 g/mol. The first-order valence-corrected chi connectivity index (χ1v) is 21.8. The van der Waals surface area contributed by atoms with Crippen LogP contribution in [-0.4, -0.2) is 225 Å². The van der Waals surface area contributed by atoms with E-state index in [0.29, 0.717) is 12.8 Å². The Morgan fingerprint density at radius 1 is 0.424 bits per heavy atom. The van der Waals surface area contributed by atoms with E-state index in [1.807, 2.05) is 0 Å². The SMILES string of the molecule is CCC(=O)NC(CCCNC(=O)CCC(=O)NCCCCC(NC(=O)CCNC(=O)CCC(C(=O)O)N1CCN(CC(=O)O)CCN(CC(=O)O)CCN(CC(=O)O)CC1)C(=O)O)C(=O)O. The number of nitrogens with one attached hydrogen (secondary N) is 5. The molecule has 1 rings (SSSR count). The summed E-state index contributed by atoms with van der Waals surface area (Å²) in [7, 11) is 0. The van der Waals surface area contributed by atoms with Gasteiger partial charge in [0, 0.05) is 104 Å². The van der Waals surface area contributed by atoms with Crippen LogP contribution in [0.2, 0.25) is 0 Å². The minimum Gasteiger partial charge on any atom is -0.480 e. The van der Waals surface area contributed by atoms with Crippen LogP contribution >= 0.6 is 0 Å². The molecule has 0 aromatic heterocycles. The summed E-state index contributed by atoms with van der Waals surface area (Å²) in [5.74, 6) is -9.69. The number of hydrogen-bond acceptors (Lipinski definition) is 15. The van der Waals surface area contributed by atoms with Crippen LogP contribution < -0.4 is 26.6 Å². The van der Waals surface area contributed by atoms with E-state index in [0.717, 1.165) is 0 Å². The second-order valence-electron chi connectivity index (χ2n) is 15.6. The van der Waals surface area contributed by atoms with Gasteiger partial charge in [-0.2, -0.15) is 0 Å². The molecule has 66 heavy (non-hydrogen) atoms. The lowest BCUT2D eigenvalue weighted by atomic mass is 10.1. The average molecular weight is 946 g/mol. The molecule has 1 saturated heterocycles. The number of carboxylic acid groups (broad SMARTS) is 6. The predicted octanol–water partition coefficient (Wildman–Crippen LogP) is -3.29. The number of hydrogen-bond donors (Lipinski definition) is 11. The lowest BCUT2D eigenvalue weighted by molar-refractivity contribution is -0.145. The summed E-state index contributed by atoms with van der Waals surface area (Å²) < 4.78 is 0. The number of rotatable bonds is 31. The zero-order valence-electron chi connectivity index (χ0n) is 37.4. The van der Waals surface area contributed by atoms with Crippen LogP contribution in [0.3, 0.4) is 0 Å². The average Bonchev–Trinajstić information content (AvgIpc) is 3.23. The summed E-state index contributed by atoms with van der Waals surface area (Å²) in [5, 5.41) is 69.7. The van der Waals surface area contributed by atoms with Gasteiger partial charge in [-0.25, -0.2) is 9.59 Å². The van der Waals surface area contributed by atoms with Crippen molar-refractivity contribution in [1.82, 2.24) is 46.2 Å². The molecule has 1 aliphatic heterocycles. The van der Waals surface area contributed by atoms with E-state index in [9.17, 15) is 83.4 Å². The third kappa shape index (κ3) is 27.4. The Labute approximate surface area is 381 Å². The van der Waals surface area contributed by atoms with Gasteiger partial charge in [-0.1, -0.05) is 6.92 Å². The van der Waals surface area contributed by atoms with E-state index in [1.54, 1.807) is 11.8 Å². The summed E-state index contributed by atoms with van der Waals surface area (Å²) in [6, 6.07) is -3.58. The van der Waals surface area contributed by atoms with Gasteiger partial charge in [-0.05, 0) is 38.5 Å². The first kappa shape index (κ1) is 58.0. The van der Waals surface area contributed by atoms with E-state index in [2.05, 4.69) is 26.6 Å². The Morgan fingerprint density at radius 2 is 0.818 bits per heavy atom. The van der Waals surface area contributed by atoms with Crippen molar-refractivity contribution >= 4 is 65.4 Å². The maximum atomic E-state index is 12.8. The standard InChI is InChI=1S/C40H67N9O17/c1-2-30(50)44-28(39(63)64)7-5-14-42-33(53)11-10-32(52)41-13-4-3-6-27(38(61)62)45-34(54)12-15-43-31(51)9-8-29(40(65)66)49-22-20-47(25-36(57)58)18-16-46(24-35(55)56)17-19-48(21-23-49)26-37(59)60/h27-29H,2-26H2,1H3,(H,41,52)(H,42,53)(H,43,51)(H,44,50)(H,45,54)(H,55,56)(H,57,58)(H,59,60)(H,61,62)(H,63,64)(H,65,66). The van der Waals surface area contributed by atoms with Gasteiger partial charge in [-0.15, -0.1) is 0 Å². The van der Waals surface area contributed by atoms with Crippen LogP contribution in [0.5, 0.6) is 0 Å². The van der Waals surface area contributed by atoms with Crippen LogP contribution in [0.1, 0.15) is 77.6 Å². The summed E-state index contributed by atoms with van der Waals surface area (Å²) in [5.41, 5.74) is 0. The van der Waals surface area contributed by atoms with Crippen molar-refractivity contribution in [3.05, 3.63) is 0 Å². The summed E-state index contributed by atoms with van der Waals surface area (Å²) in [6.07, 6.45) is 0.174. The highest BCUT2D eigenvalue weighted by molar-refractivity contribution is 5.85. The topological polar surface area (TPSA) is 382 Å². The summed E-state index contributed by atoms with van der Waals surface area (Å²) in [4.78, 5) is 137.